The molecule has 2 N–H and O–H groups in total. The number of rotatable bonds is 6. The second-order valence-electron chi connectivity index (χ2n) is 5.30. The van der Waals surface area contributed by atoms with E-state index in [9.17, 15) is 9.59 Å². The Balaban J connectivity index is 2.37. The number of ether oxygens (including phenoxy) is 1. The van der Waals surface area contributed by atoms with Crippen LogP contribution in [-0.2, 0) is 14.3 Å². The zero-order valence-electron chi connectivity index (χ0n) is 11.9. The van der Waals surface area contributed by atoms with E-state index in [1.165, 1.54) is 0 Å². The van der Waals surface area contributed by atoms with Crippen molar-refractivity contribution in [3.63, 3.8) is 0 Å². The Hall–Kier alpha value is -1.14. The van der Waals surface area contributed by atoms with Gasteiger partial charge in [-0.3, -0.25) is 14.5 Å². The fourth-order valence-corrected chi connectivity index (χ4v) is 2.48. The lowest BCUT2D eigenvalue weighted by Crippen LogP contribution is -2.49. The van der Waals surface area contributed by atoms with Crippen molar-refractivity contribution >= 4 is 11.9 Å². The van der Waals surface area contributed by atoms with Crippen LogP contribution in [0.4, 0.5) is 0 Å². The number of nitrogens with one attached hydrogen (secondary N) is 1. The minimum atomic E-state index is -0.732. The summed E-state index contributed by atoms with van der Waals surface area (Å²) < 4.78 is 4.96. The normalized spacial score (nSPS) is 25.8. The topological polar surface area (TPSA) is 78.9 Å². The number of piperidine rings is 1. The molecule has 3 unspecified atom stereocenters. The van der Waals surface area contributed by atoms with E-state index in [4.69, 9.17) is 9.84 Å². The summed E-state index contributed by atoms with van der Waals surface area (Å²) in [5.74, 6) is -1.04. The highest BCUT2D eigenvalue weighted by Gasteiger charge is 2.30. The molecule has 1 heterocycles. The van der Waals surface area contributed by atoms with Gasteiger partial charge in [-0.05, 0) is 33.2 Å². The van der Waals surface area contributed by atoms with E-state index < -0.39 is 5.97 Å². The number of carboxylic acid groups (broad SMARTS) is 1. The van der Waals surface area contributed by atoms with E-state index in [1.807, 2.05) is 18.7 Å². The van der Waals surface area contributed by atoms with Gasteiger partial charge in [-0.1, -0.05) is 0 Å². The van der Waals surface area contributed by atoms with Crippen molar-refractivity contribution in [2.45, 2.75) is 38.8 Å². The van der Waals surface area contributed by atoms with Crippen LogP contribution in [0.5, 0.6) is 0 Å². The molecule has 19 heavy (non-hydrogen) atoms. The van der Waals surface area contributed by atoms with Crippen LogP contribution < -0.4 is 5.32 Å². The lowest BCUT2D eigenvalue weighted by Gasteiger charge is -2.35. The van der Waals surface area contributed by atoms with Gasteiger partial charge in [0.1, 0.15) is 0 Å². The highest BCUT2D eigenvalue weighted by Crippen LogP contribution is 2.22. The van der Waals surface area contributed by atoms with Crippen LogP contribution in [0, 0.1) is 5.92 Å². The van der Waals surface area contributed by atoms with Crippen LogP contribution in [0.3, 0.4) is 0 Å². The fourth-order valence-electron chi connectivity index (χ4n) is 2.48. The van der Waals surface area contributed by atoms with Gasteiger partial charge in [0.25, 0.3) is 0 Å². The van der Waals surface area contributed by atoms with Gasteiger partial charge in [0.2, 0.25) is 5.91 Å². The van der Waals surface area contributed by atoms with Crippen LogP contribution in [-0.4, -0.2) is 60.8 Å². The second kappa shape index (κ2) is 7.45. The molecule has 110 valence electrons. The predicted octanol–water partition coefficient (Wildman–Crippen LogP) is 0.323. The first kappa shape index (κ1) is 15.9. The molecule has 6 heteroatoms. The summed E-state index contributed by atoms with van der Waals surface area (Å²) >= 11 is 0. The van der Waals surface area contributed by atoms with E-state index in [-0.39, 0.29) is 23.9 Å². The van der Waals surface area contributed by atoms with Gasteiger partial charge in [0, 0.05) is 19.2 Å². The standard InChI is InChI=1S/C13H24N2O4/c1-9(8-19-3)14-12(16)7-15-5-4-11(13(17)18)6-10(15)2/h9-11H,4-8H2,1-3H3,(H,14,16)(H,17,18). The summed E-state index contributed by atoms with van der Waals surface area (Å²) in [6.45, 7) is 5.33. The first-order valence-electron chi connectivity index (χ1n) is 6.69. The van der Waals surface area contributed by atoms with E-state index in [2.05, 4.69) is 5.32 Å². The number of carbonyl (C=O) groups is 2. The van der Waals surface area contributed by atoms with Crippen molar-refractivity contribution in [3.05, 3.63) is 0 Å². The summed E-state index contributed by atoms with van der Waals surface area (Å²) in [4.78, 5) is 24.8. The molecule has 1 aliphatic rings. The Morgan fingerprint density at radius 3 is 2.74 bits per heavy atom. The molecule has 1 amide bonds. The summed E-state index contributed by atoms with van der Waals surface area (Å²) in [6, 6.07) is 0.114. The SMILES string of the molecule is COCC(C)NC(=O)CN1CCC(C(=O)O)CC1C. The molecule has 1 rings (SSSR count). The lowest BCUT2D eigenvalue weighted by molar-refractivity contribution is -0.144. The molecule has 0 spiro atoms. The van der Waals surface area contributed by atoms with E-state index in [0.29, 0.717) is 32.5 Å². The number of amides is 1. The van der Waals surface area contributed by atoms with Gasteiger partial charge in [-0.25, -0.2) is 0 Å². The van der Waals surface area contributed by atoms with E-state index in [1.54, 1.807) is 7.11 Å². The van der Waals surface area contributed by atoms with Crippen molar-refractivity contribution in [2.75, 3.05) is 26.8 Å². The fraction of sp³-hybridized carbons (Fsp3) is 0.846. The Kier molecular flexibility index (Phi) is 6.24. The molecule has 0 aromatic carbocycles. The number of nitrogens with zero attached hydrogens (tertiary/aromatic N) is 1. The molecule has 0 saturated carbocycles. The first-order valence-corrected chi connectivity index (χ1v) is 6.69. The third kappa shape index (κ3) is 5.16. The summed E-state index contributed by atoms with van der Waals surface area (Å²) in [7, 11) is 1.60. The smallest absolute Gasteiger partial charge is 0.306 e. The largest absolute Gasteiger partial charge is 0.481 e. The monoisotopic (exact) mass is 272 g/mol. The van der Waals surface area contributed by atoms with Gasteiger partial charge in [0.05, 0.1) is 19.1 Å². The van der Waals surface area contributed by atoms with Crippen molar-refractivity contribution < 1.29 is 19.4 Å². The number of carboxylic acids is 1. The van der Waals surface area contributed by atoms with Crippen LogP contribution in [0.15, 0.2) is 0 Å². The van der Waals surface area contributed by atoms with Crippen molar-refractivity contribution in [2.24, 2.45) is 5.92 Å². The summed E-state index contributed by atoms with van der Waals surface area (Å²) in [6.07, 6.45) is 1.22. The minimum absolute atomic E-state index is 0.00985. The van der Waals surface area contributed by atoms with Gasteiger partial charge >= 0.3 is 5.97 Å². The number of aliphatic carboxylic acids is 1. The third-order valence-electron chi connectivity index (χ3n) is 3.53. The van der Waals surface area contributed by atoms with Crippen LogP contribution in [0.2, 0.25) is 0 Å². The maximum atomic E-state index is 11.8. The van der Waals surface area contributed by atoms with Gasteiger partial charge in [-0.2, -0.15) is 0 Å². The highest BCUT2D eigenvalue weighted by atomic mass is 16.5. The van der Waals surface area contributed by atoms with Gasteiger partial charge in [0.15, 0.2) is 0 Å². The molecule has 0 aliphatic carbocycles. The molecule has 1 fully saturated rings. The van der Waals surface area contributed by atoms with E-state index in [0.717, 1.165) is 0 Å². The molecule has 6 nitrogen and oxygen atoms in total. The van der Waals surface area contributed by atoms with Crippen LogP contribution in [0.25, 0.3) is 0 Å². The lowest BCUT2D eigenvalue weighted by atomic mass is 9.92. The Labute approximate surface area is 114 Å². The molecule has 0 radical (unpaired) electrons. The molecular weight excluding hydrogens is 248 g/mol. The quantitative estimate of drug-likeness (QED) is 0.728. The minimum Gasteiger partial charge on any atom is -0.481 e. The summed E-state index contributed by atoms with van der Waals surface area (Å²) in [5, 5.41) is 11.9. The number of likely N-dealkylation sites (tertiary alicyclic amines) is 1. The maximum absolute atomic E-state index is 11.8. The van der Waals surface area contributed by atoms with Crippen molar-refractivity contribution in [3.8, 4) is 0 Å². The van der Waals surface area contributed by atoms with E-state index >= 15 is 0 Å². The van der Waals surface area contributed by atoms with Crippen LogP contribution >= 0.6 is 0 Å². The molecule has 0 aromatic heterocycles. The predicted molar refractivity (Wildman–Crippen MR) is 70.9 cm³/mol. The molecule has 1 saturated heterocycles. The molecule has 0 aromatic rings. The van der Waals surface area contributed by atoms with Crippen LogP contribution in [0.1, 0.15) is 26.7 Å². The number of methoxy groups -OCH3 is 1. The Morgan fingerprint density at radius 2 is 2.21 bits per heavy atom. The van der Waals surface area contributed by atoms with Gasteiger partial charge in [-0.15, -0.1) is 0 Å². The maximum Gasteiger partial charge on any atom is 0.306 e. The van der Waals surface area contributed by atoms with Crippen molar-refractivity contribution in [1.82, 2.24) is 10.2 Å². The number of carbonyl (C=O) groups excluding carboxylic acids is 1. The number of hydrogen-bond donors (Lipinski definition) is 2. The zero-order valence-corrected chi connectivity index (χ0v) is 11.9. The molecular formula is C13H24N2O4. The highest BCUT2D eigenvalue weighted by molar-refractivity contribution is 5.78. The number of hydrogen-bond acceptors (Lipinski definition) is 4. The summed E-state index contributed by atoms with van der Waals surface area (Å²) in [5.41, 5.74) is 0. The first-order chi connectivity index (χ1) is 8.93. The average molecular weight is 272 g/mol. The third-order valence-corrected chi connectivity index (χ3v) is 3.53. The molecule has 3 atom stereocenters. The van der Waals surface area contributed by atoms with Gasteiger partial charge < -0.3 is 15.2 Å². The van der Waals surface area contributed by atoms with Crippen molar-refractivity contribution in [1.29, 1.82) is 0 Å². The zero-order chi connectivity index (χ0) is 14.4. The Morgan fingerprint density at radius 1 is 1.53 bits per heavy atom. The average Bonchev–Trinajstić information content (AvgIpc) is 2.31. The Bertz CT molecular complexity index is 322. The second-order valence-corrected chi connectivity index (χ2v) is 5.30. The molecule has 1 aliphatic heterocycles. The molecule has 0 bridgehead atoms.